The van der Waals surface area contributed by atoms with Crippen LogP contribution in [0.2, 0.25) is 0 Å². The van der Waals surface area contributed by atoms with Crippen LogP contribution >= 0.6 is 0 Å². The van der Waals surface area contributed by atoms with E-state index >= 15 is 0 Å². The van der Waals surface area contributed by atoms with E-state index in [4.69, 9.17) is 16.2 Å². The van der Waals surface area contributed by atoms with Gasteiger partial charge < -0.3 is 26.4 Å². The number of fused-ring (bicyclic) bond motifs is 1. The van der Waals surface area contributed by atoms with Crippen molar-refractivity contribution in [3.63, 3.8) is 0 Å². The summed E-state index contributed by atoms with van der Waals surface area (Å²) < 4.78 is 7.61. The van der Waals surface area contributed by atoms with Gasteiger partial charge in [0.1, 0.15) is 11.3 Å². The second-order valence-electron chi connectivity index (χ2n) is 9.08. The van der Waals surface area contributed by atoms with Crippen LogP contribution in [0.25, 0.3) is 10.9 Å². The lowest BCUT2D eigenvalue weighted by molar-refractivity contribution is -0.144. The molecule has 1 fully saturated rings. The Labute approximate surface area is 214 Å². The molecule has 3 heterocycles. The fourth-order valence-electron chi connectivity index (χ4n) is 4.54. The number of hydrogen-bond donors (Lipinski definition) is 3. The van der Waals surface area contributed by atoms with Crippen LogP contribution in [0, 0.1) is 0 Å². The summed E-state index contributed by atoms with van der Waals surface area (Å²) in [4.78, 5) is 32.4. The third-order valence-corrected chi connectivity index (χ3v) is 6.36. The lowest BCUT2D eigenvalue weighted by Gasteiger charge is -2.25. The summed E-state index contributed by atoms with van der Waals surface area (Å²) >= 11 is 0. The number of nitrogens with two attached hydrogens (primary N) is 2. The lowest BCUT2D eigenvalue weighted by atomic mass is 10.1. The maximum Gasteiger partial charge on any atom is 0.314 e. The number of hydrogen-bond acceptors (Lipinski definition) is 7. The molecular formula is C27H29N7O3. The number of rotatable bonds is 6. The molecule has 5 N–H and O–H groups in total. The first kappa shape index (κ1) is 24.3. The number of pyridine rings is 1. The molecule has 4 aromatic rings. The Morgan fingerprint density at radius 3 is 2.57 bits per heavy atom. The van der Waals surface area contributed by atoms with Crippen LogP contribution in [0.4, 0.5) is 17.2 Å². The number of nitrogens with zero attached hydrogens (tertiary/aromatic N) is 4. The second-order valence-corrected chi connectivity index (χ2v) is 9.08. The molecule has 10 heteroatoms. The fraction of sp³-hybridized carbons (Fsp3) is 0.259. The molecule has 1 aliphatic heterocycles. The van der Waals surface area contributed by atoms with Gasteiger partial charge in [-0.25, -0.2) is 9.67 Å². The van der Waals surface area contributed by atoms with Gasteiger partial charge in [0.2, 0.25) is 0 Å². The topological polar surface area (TPSA) is 141 Å². The van der Waals surface area contributed by atoms with Crippen molar-refractivity contribution < 1.29 is 14.3 Å². The quantitative estimate of drug-likeness (QED) is 0.272. The predicted octanol–water partition coefficient (Wildman–Crippen LogP) is 3.46. The van der Waals surface area contributed by atoms with E-state index in [0.29, 0.717) is 28.9 Å². The summed E-state index contributed by atoms with van der Waals surface area (Å²) in [5.74, 6) is -1.19. The summed E-state index contributed by atoms with van der Waals surface area (Å²) in [7, 11) is 0. The van der Waals surface area contributed by atoms with Crippen molar-refractivity contribution in [3.05, 3.63) is 78.1 Å². The Bertz CT molecular complexity index is 1410. The van der Waals surface area contributed by atoms with Gasteiger partial charge in [0, 0.05) is 25.4 Å². The highest BCUT2D eigenvalue weighted by molar-refractivity contribution is 6.40. The monoisotopic (exact) mass is 499 g/mol. The van der Waals surface area contributed by atoms with Gasteiger partial charge in [-0.1, -0.05) is 42.5 Å². The average molecular weight is 500 g/mol. The van der Waals surface area contributed by atoms with E-state index in [1.54, 1.807) is 23.0 Å². The Balaban J connectivity index is 1.43. The zero-order chi connectivity index (χ0) is 25.8. The van der Waals surface area contributed by atoms with Crippen LogP contribution in [0.1, 0.15) is 36.6 Å². The molecule has 0 bridgehead atoms. The first-order chi connectivity index (χ1) is 18.0. The highest BCUT2D eigenvalue weighted by Gasteiger charge is 2.26. The highest BCUT2D eigenvalue weighted by Crippen LogP contribution is 2.32. The van der Waals surface area contributed by atoms with Crippen molar-refractivity contribution >= 4 is 39.9 Å². The lowest BCUT2D eigenvalue weighted by Crippen LogP contribution is -2.39. The Hall–Kier alpha value is -4.44. The number of amides is 2. The van der Waals surface area contributed by atoms with E-state index < -0.39 is 11.8 Å². The second kappa shape index (κ2) is 10.7. The molecule has 2 aromatic heterocycles. The van der Waals surface area contributed by atoms with Crippen molar-refractivity contribution in [3.8, 4) is 0 Å². The summed E-state index contributed by atoms with van der Waals surface area (Å²) in [6.07, 6.45) is 5.55. The molecule has 0 aliphatic carbocycles. The molecule has 0 radical (unpaired) electrons. The first-order valence-corrected chi connectivity index (χ1v) is 12.2. The molecule has 0 saturated carbocycles. The highest BCUT2D eigenvalue weighted by atomic mass is 16.5. The number of benzene rings is 2. The van der Waals surface area contributed by atoms with Crippen LogP contribution < -0.4 is 16.8 Å². The normalized spacial score (nSPS) is 15.4. The van der Waals surface area contributed by atoms with E-state index in [0.717, 1.165) is 30.4 Å². The van der Waals surface area contributed by atoms with Crippen LogP contribution in [0.3, 0.4) is 0 Å². The van der Waals surface area contributed by atoms with E-state index in [-0.39, 0.29) is 25.1 Å². The molecule has 1 saturated heterocycles. The Morgan fingerprint density at radius 1 is 1.03 bits per heavy atom. The molecule has 0 spiro atoms. The van der Waals surface area contributed by atoms with Gasteiger partial charge >= 0.3 is 11.8 Å². The third kappa shape index (κ3) is 5.39. The number of anilines is 3. The van der Waals surface area contributed by atoms with Gasteiger partial charge in [0.25, 0.3) is 0 Å². The number of nitrogen functional groups attached to an aromatic ring is 2. The Kier molecular flexibility index (Phi) is 7.00. The predicted molar refractivity (Wildman–Crippen MR) is 141 cm³/mol. The van der Waals surface area contributed by atoms with Gasteiger partial charge in [-0.3, -0.25) is 9.59 Å². The van der Waals surface area contributed by atoms with Crippen molar-refractivity contribution in [2.45, 2.75) is 38.6 Å². The molecule has 2 aromatic carbocycles. The number of ether oxygens (including phenoxy) is 1. The van der Waals surface area contributed by atoms with Gasteiger partial charge in [-0.15, -0.1) is 0 Å². The van der Waals surface area contributed by atoms with Crippen molar-refractivity contribution in [2.24, 2.45) is 0 Å². The first-order valence-electron chi connectivity index (χ1n) is 12.2. The average Bonchev–Trinajstić information content (AvgIpc) is 3.37. The summed E-state index contributed by atoms with van der Waals surface area (Å²) in [5, 5.41) is 7.80. The molecular weight excluding hydrogens is 470 g/mol. The molecule has 2 amide bonds. The van der Waals surface area contributed by atoms with Gasteiger partial charge in [-0.05, 0) is 42.5 Å². The van der Waals surface area contributed by atoms with Crippen molar-refractivity contribution in [1.82, 2.24) is 19.7 Å². The molecule has 1 atom stereocenters. The molecule has 10 nitrogen and oxygen atoms in total. The zero-order valence-corrected chi connectivity index (χ0v) is 20.3. The number of nitrogens with one attached hydrogen (secondary N) is 1. The van der Waals surface area contributed by atoms with Gasteiger partial charge in [0.05, 0.1) is 23.5 Å². The largest absolute Gasteiger partial charge is 0.399 e. The van der Waals surface area contributed by atoms with Gasteiger partial charge in [0.15, 0.2) is 6.23 Å². The SMILES string of the molecule is Nc1cccc(CN(Cc2ccccc2)C(=O)C(=O)Nc2cnc(N)c3cnn(C4CCCCO4)c23)c1. The zero-order valence-electron chi connectivity index (χ0n) is 20.3. The van der Waals surface area contributed by atoms with Gasteiger partial charge in [-0.2, -0.15) is 5.10 Å². The minimum atomic E-state index is -0.787. The minimum absolute atomic E-state index is 0.218. The smallest absolute Gasteiger partial charge is 0.314 e. The van der Waals surface area contributed by atoms with E-state index in [2.05, 4.69) is 15.4 Å². The van der Waals surface area contributed by atoms with Crippen molar-refractivity contribution in [2.75, 3.05) is 23.4 Å². The Morgan fingerprint density at radius 2 is 1.81 bits per heavy atom. The van der Waals surface area contributed by atoms with E-state index in [1.807, 2.05) is 42.5 Å². The fourth-order valence-corrected chi connectivity index (χ4v) is 4.54. The van der Waals surface area contributed by atoms with Crippen LogP contribution in [0.15, 0.2) is 67.0 Å². The van der Waals surface area contributed by atoms with Crippen LogP contribution in [-0.4, -0.2) is 38.1 Å². The van der Waals surface area contributed by atoms with Crippen molar-refractivity contribution in [1.29, 1.82) is 0 Å². The maximum absolute atomic E-state index is 13.5. The third-order valence-electron chi connectivity index (χ3n) is 6.36. The summed E-state index contributed by atoms with van der Waals surface area (Å²) in [5.41, 5.74) is 15.3. The van der Waals surface area contributed by atoms with Crippen LogP contribution in [-0.2, 0) is 27.4 Å². The maximum atomic E-state index is 13.5. The molecule has 1 aliphatic rings. The molecule has 5 rings (SSSR count). The summed E-state index contributed by atoms with van der Waals surface area (Å²) in [6, 6.07) is 16.8. The number of aromatic nitrogens is 3. The molecule has 190 valence electrons. The minimum Gasteiger partial charge on any atom is -0.399 e. The van der Waals surface area contributed by atoms with E-state index in [9.17, 15) is 9.59 Å². The summed E-state index contributed by atoms with van der Waals surface area (Å²) in [6.45, 7) is 1.10. The van der Waals surface area contributed by atoms with Crippen LogP contribution in [0.5, 0.6) is 0 Å². The van der Waals surface area contributed by atoms with E-state index in [1.165, 1.54) is 11.1 Å². The number of carbonyl (C=O) groups is 2. The molecule has 37 heavy (non-hydrogen) atoms. The molecule has 1 unspecified atom stereocenters. The standard InChI is InChI=1S/C27H29N7O3/c28-20-10-6-9-19(13-20)17-33(16-18-7-2-1-3-8-18)27(36)26(35)32-22-15-30-25(29)21-14-31-34(24(21)22)23-11-4-5-12-37-23/h1-3,6-10,13-15,23H,4-5,11-12,16-17,28H2,(H2,29,30)(H,32,35). The number of carbonyl (C=O) groups excluding carboxylic acids is 2.